The molecule has 1 aliphatic rings. The van der Waals surface area contributed by atoms with Gasteiger partial charge in [0.15, 0.2) is 0 Å². The van der Waals surface area contributed by atoms with Crippen molar-refractivity contribution in [3.63, 3.8) is 0 Å². The van der Waals surface area contributed by atoms with E-state index in [9.17, 15) is 4.79 Å². The van der Waals surface area contributed by atoms with Gasteiger partial charge < -0.3 is 5.32 Å². The van der Waals surface area contributed by atoms with Gasteiger partial charge in [0.1, 0.15) is 0 Å². The molecule has 3 nitrogen and oxygen atoms in total. The molecule has 1 aromatic carbocycles. The van der Waals surface area contributed by atoms with E-state index >= 15 is 0 Å². The van der Waals surface area contributed by atoms with Crippen molar-refractivity contribution in [3.05, 3.63) is 66.0 Å². The smallest absolute Gasteiger partial charge is 0.223 e. The molecule has 1 heterocycles. The van der Waals surface area contributed by atoms with Crippen LogP contribution in [0.15, 0.2) is 54.9 Å². The third-order valence-electron chi connectivity index (χ3n) is 4.89. The van der Waals surface area contributed by atoms with Crippen LogP contribution in [-0.4, -0.2) is 10.9 Å². The van der Waals surface area contributed by atoms with E-state index in [1.807, 2.05) is 24.4 Å². The summed E-state index contributed by atoms with van der Waals surface area (Å²) in [4.78, 5) is 16.8. The molecule has 3 atom stereocenters. The summed E-state index contributed by atoms with van der Waals surface area (Å²) in [7, 11) is 0. The summed E-state index contributed by atoms with van der Waals surface area (Å²) in [5, 5.41) is 3.22. The highest BCUT2D eigenvalue weighted by Gasteiger charge is 2.31. The van der Waals surface area contributed by atoms with E-state index in [1.54, 1.807) is 6.20 Å². The van der Waals surface area contributed by atoms with Crippen LogP contribution in [0.3, 0.4) is 0 Å². The molecule has 0 bridgehead atoms. The molecule has 2 aromatic rings. The van der Waals surface area contributed by atoms with Gasteiger partial charge in [-0.3, -0.25) is 9.78 Å². The van der Waals surface area contributed by atoms with Crippen molar-refractivity contribution in [1.29, 1.82) is 0 Å². The van der Waals surface area contributed by atoms with E-state index in [-0.39, 0.29) is 17.9 Å². The summed E-state index contributed by atoms with van der Waals surface area (Å²) in [6.45, 7) is 2.10. The molecule has 3 heteroatoms. The van der Waals surface area contributed by atoms with Crippen molar-refractivity contribution in [1.82, 2.24) is 10.3 Å². The lowest BCUT2D eigenvalue weighted by Crippen LogP contribution is -2.32. The molecule has 3 unspecified atom stereocenters. The Hall–Kier alpha value is -2.16. The molecule has 1 saturated carbocycles. The van der Waals surface area contributed by atoms with Crippen LogP contribution < -0.4 is 5.32 Å². The summed E-state index contributed by atoms with van der Waals surface area (Å²) in [5.41, 5.74) is 2.45. The van der Waals surface area contributed by atoms with Gasteiger partial charge in [0.2, 0.25) is 5.91 Å². The Labute approximate surface area is 138 Å². The monoisotopic (exact) mass is 308 g/mol. The molecule has 1 aliphatic carbocycles. The third-order valence-corrected chi connectivity index (χ3v) is 4.89. The summed E-state index contributed by atoms with van der Waals surface area (Å²) in [6.07, 6.45) is 7.53. The molecule has 0 aliphatic heterocycles. The van der Waals surface area contributed by atoms with Gasteiger partial charge in [-0.2, -0.15) is 0 Å². The van der Waals surface area contributed by atoms with Gasteiger partial charge in [0.25, 0.3) is 0 Å². The van der Waals surface area contributed by atoms with Crippen LogP contribution in [0.4, 0.5) is 0 Å². The van der Waals surface area contributed by atoms with Gasteiger partial charge in [0.05, 0.1) is 6.04 Å². The topological polar surface area (TPSA) is 42.0 Å². The molecule has 0 radical (unpaired) electrons. The summed E-state index contributed by atoms with van der Waals surface area (Å²) < 4.78 is 0. The predicted octanol–water partition coefficient (Wildman–Crippen LogP) is 4.23. The van der Waals surface area contributed by atoms with Crippen LogP contribution in [0.1, 0.15) is 55.7 Å². The first-order valence-corrected chi connectivity index (χ1v) is 8.53. The maximum absolute atomic E-state index is 12.6. The summed E-state index contributed by atoms with van der Waals surface area (Å²) >= 11 is 0. The maximum atomic E-state index is 12.6. The van der Waals surface area contributed by atoms with Crippen molar-refractivity contribution in [2.75, 3.05) is 0 Å². The average molecular weight is 308 g/mol. The number of pyridine rings is 1. The number of benzene rings is 1. The molecule has 1 aromatic heterocycles. The summed E-state index contributed by atoms with van der Waals surface area (Å²) in [5.74, 6) is 0.843. The SMILES string of the molecule is CCC(NC(=O)C1CCC(c2ccccc2)C1)c1cccnc1. The third kappa shape index (κ3) is 3.79. The average Bonchev–Trinajstić information content (AvgIpc) is 3.11. The number of carbonyl (C=O) groups is 1. The second kappa shape index (κ2) is 7.40. The zero-order valence-electron chi connectivity index (χ0n) is 13.6. The lowest BCUT2D eigenvalue weighted by molar-refractivity contribution is -0.125. The number of amides is 1. The fourth-order valence-corrected chi connectivity index (χ4v) is 3.54. The van der Waals surface area contributed by atoms with Gasteiger partial charge in [-0.05, 0) is 48.8 Å². The molecule has 23 heavy (non-hydrogen) atoms. The molecule has 1 amide bonds. The number of nitrogens with zero attached hydrogens (tertiary/aromatic N) is 1. The fraction of sp³-hybridized carbons (Fsp3) is 0.400. The Balaban J connectivity index is 1.61. The van der Waals surface area contributed by atoms with Crippen LogP contribution in [0, 0.1) is 5.92 Å². The normalized spacial score (nSPS) is 21.8. The maximum Gasteiger partial charge on any atom is 0.223 e. The molecule has 120 valence electrons. The van der Waals surface area contributed by atoms with Crippen LogP contribution in [0.25, 0.3) is 0 Å². The molecular weight excluding hydrogens is 284 g/mol. The van der Waals surface area contributed by atoms with Gasteiger partial charge in [0, 0.05) is 18.3 Å². The molecule has 3 rings (SSSR count). The minimum atomic E-state index is 0.0620. The molecular formula is C20H24N2O. The number of aromatic nitrogens is 1. The van der Waals surface area contributed by atoms with Gasteiger partial charge in [-0.15, -0.1) is 0 Å². The Bertz CT molecular complexity index is 627. The van der Waals surface area contributed by atoms with Crippen molar-refractivity contribution >= 4 is 5.91 Å². The Morgan fingerprint density at radius 3 is 2.74 bits per heavy atom. The van der Waals surface area contributed by atoms with Gasteiger partial charge in [-0.1, -0.05) is 43.3 Å². The zero-order chi connectivity index (χ0) is 16.1. The first-order valence-electron chi connectivity index (χ1n) is 8.53. The number of hydrogen-bond acceptors (Lipinski definition) is 2. The molecule has 0 saturated heterocycles. The van der Waals surface area contributed by atoms with Crippen molar-refractivity contribution in [2.24, 2.45) is 5.92 Å². The minimum Gasteiger partial charge on any atom is -0.349 e. The lowest BCUT2D eigenvalue weighted by Gasteiger charge is -2.20. The van der Waals surface area contributed by atoms with Crippen LogP contribution in [-0.2, 0) is 4.79 Å². The van der Waals surface area contributed by atoms with Crippen LogP contribution in [0.2, 0.25) is 0 Å². The van der Waals surface area contributed by atoms with Gasteiger partial charge >= 0.3 is 0 Å². The van der Waals surface area contributed by atoms with Crippen LogP contribution >= 0.6 is 0 Å². The molecule has 0 spiro atoms. The van der Waals surface area contributed by atoms with Crippen molar-refractivity contribution < 1.29 is 4.79 Å². The summed E-state index contributed by atoms with van der Waals surface area (Å²) in [6, 6.07) is 14.6. The Kier molecular flexibility index (Phi) is 5.06. The van der Waals surface area contributed by atoms with Gasteiger partial charge in [-0.25, -0.2) is 0 Å². The molecule has 1 fully saturated rings. The first kappa shape index (κ1) is 15.7. The quantitative estimate of drug-likeness (QED) is 0.898. The highest BCUT2D eigenvalue weighted by atomic mass is 16.1. The van der Waals surface area contributed by atoms with E-state index < -0.39 is 0 Å². The second-order valence-electron chi connectivity index (χ2n) is 6.37. The van der Waals surface area contributed by atoms with Crippen molar-refractivity contribution in [3.8, 4) is 0 Å². The second-order valence-corrected chi connectivity index (χ2v) is 6.37. The lowest BCUT2D eigenvalue weighted by atomic mass is 9.96. The Morgan fingerprint density at radius 1 is 1.22 bits per heavy atom. The minimum absolute atomic E-state index is 0.0620. The largest absolute Gasteiger partial charge is 0.349 e. The standard InChI is InChI=1S/C20H24N2O/c1-2-19(18-9-6-12-21-14-18)22-20(23)17-11-10-16(13-17)15-7-4-3-5-8-15/h3-9,12,14,16-17,19H,2,10-11,13H2,1H3,(H,22,23). The van der Waals surface area contributed by atoms with E-state index in [0.717, 1.165) is 31.2 Å². The van der Waals surface area contributed by atoms with Crippen LogP contribution in [0.5, 0.6) is 0 Å². The Morgan fingerprint density at radius 2 is 2.04 bits per heavy atom. The fourth-order valence-electron chi connectivity index (χ4n) is 3.54. The number of hydrogen-bond donors (Lipinski definition) is 1. The van der Waals surface area contributed by atoms with E-state index in [1.165, 1.54) is 5.56 Å². The van der Waals surface area contributed by atoms with E-state index in [4.69, 9.17) is 0 Å². The molecule has 1 N–H and O–H groups in total. The zero-order valence-corrected chi connectivity index (χ0v) is 13.6. The highest BCUT2D eigenvalue weighted by molar-refractivity contribution is 5.79. The highest BCUT2D eigenvalue weighted by Crippen LogP contribution is 2.38. The number of rotatable bonds is 5. The number of nitrogens with one attached hydrogen (secondary N) is 1. The predicted molar refractivity (Wildman–Crippen MR) is 91.9 cm³/mol. The van der Waals surface area contributed by atoms with E-state index in [0.29, 0.717) is 5.92 Å². The van der Waals surface area contributed by atoms with Crippen molar-refractivity contribution in [2.45, 2.75) is 44.6 Å². The number of carbonyl (C=O) groups excluding carboxylic acids is 1. The first-order chi connectivity index (χ1) is 11.3. The van der Waals surface area contributed by atoms with E-state index in [2.05, 4.69) is 41.5 Å².